The lowest BCUT2D eigenvalue weighted by Gasteiger charge is -2.26. The van der Waals surface area contributed by atoms with E-state index in [2.05, 4.69) is 52.6 Å². The molecule has 5 rings (SSSR count). The number of amides is 2. The molecule has 1 aliphatic carbocycles. The van der Waals surface area contributed by atoms with Crippen molar-refractivity contribution >= 4 is 23.2 Å². The first kappa shape index (κ1) is 27.1. The van der Waals surface area contributed by atoms with Crippen molar-refractivity contribution in [1.82, 2.24) is 10.3 Å². The van der Waals surface area contributed by atoms with Crippen molar-refractivity contribution in [3.05, 3.63) is 113 Å². The van der Waals surface area contributed by atoms with Crippen LogP contribution >= 0.6 is 0 Å². The standard InChI is InChI=1S/C34H36N4O2/c1-4-38(5-2)27-16-17-31(37-33(39)25-13-8-10-23(3)20-25)29(22-27)32-21-26(18-19-35-32)34(40)36-30-15-9-12-24-11-6-7-14-28(24)30/h6-8,10-11,13-14,16-22,30H,4-5,9,12,15H2,1-3H3,(H,36,40)(H,37,39)/t30-/m0/s1. The fourth-order valence-electron chi connectivity index (χ4n) is 5.48. The second-order valence-electron chi connectivity index (χ2n) is 10.3. The van der Waals surface area contributed by atoms with Crippen LogP contribution in [0.4, 0.5) is 11.4 Å². The minimum Gasteiger partial charge on any atom is -0.372 e. The van der Waals surface area contributed by atoms with Crippen molar-refractivity contribution in [2.24, 2.45) is 0 Å². The maximum Gasteiger partial charge on any atom is 0.255 e. The quantitative estimate of drug-likeness (QED) is 0.257. The van der Waals surface area contributed by atoms with E-state index in [1.165, 1.54) is 11.1 Å². The molecule has 4 aromatic rings. The molecule has 0 saturated heterocycles. The molecule has 6 heteroatoms. The van der Waals surface area contributed by atoms with Crippen LogP contribution in [-0.4, -0.2) is 29.9 Å². The second-order valence-corrected chi connectivity index (χ2v) is 10.3. The highest BCUT2D eigenvalue weighted by Crippen LogP contribution is 2.33. The highest BCUT2D eigenvalue weighted by molar-refractivity contribution is 6.06. The number of hydrogen-bond donors (Lipinski definition) is 2. The summed E-state index contributed by atoms with van der Waals surface area (Å²) in [5, 5.41) is 6.33. The van der Waals surface area contributed by atoms with Gasteiger partial charge in [0.05, 0.1) is 17.4 Å². The highest BCUT2D eigenvalue weighted by Gasteiger charge is 2.22. The normalized spacial score (nSPS) is 14.2. The molecule has 204 valence electrons. The zero-order valence-electron chi connectivity index (χ0n) is 23.4. The van der Waals surface area contributed by atoms with Gasteiger partial charge in [-0.2, -0.15) is 0 Å². The molecular formula is C34H36N4O2. The molecule has 0 fully saturated rings. The SMILES string of the molecule is CCN(CC)c1ccc(NC(=O)c2cccc(C)c2)c(-c2cc(C(=O)N[C@H]3CCCc4ccccc43)ccn2)c1. The minimum atomic E-state index is -0.189. The van der Waals surface area contributed by atoms with E-state index >= 15 is 0 Å². The third-order valence-electron chi connectivity index (χ3n) is 7.63. The van der Waals surface area contributed by atoms with Crippen molar-refractivity contribution in [1.29, 1.82) is 0 Å². The molecule has 2 amide bonds. The molecule has 1 heterocycles. The summed E-state index contributed by atoms with van der Waals surface area (Å²) in [6.07, 6.45) is 4.67. The number of aromatic nitrogens is 1. The minimum absolute atomic E-state index is 0.00996. The number of carbonyl (C=O) groups excluding carboxylic acids is 2. The molecule has 2 N–H and O–H groups in total. The molecule has 1 atom stereocenters. The van der Waals surface area contributed by atoms with Gasteiger partial charge in [-0.1, -0.05) is 42.0 Å². The average Bonchev–Trinajstić information content (AvgIpc) is 2.98. The summed E-state index contributed by atoms with van der Waals surface area (Å²) in [5.41, 5.74) is 7.72. The van der Waals surface area contributed by atoms with Gasteiger partial charge in [0.25, 0.3) is 11.8 Å². The van der Waals surface area contributed by atoms with Crippen molar-refractivity contribution in [2.75, 3.05) is 23.3 Å². The van der Waals surface area contributed by atoms with E-state index in [9.17, 15) is 9.59 Å². The fourth-order valence-corrected chi connectivity index (χ4v) is 5.48. The van der Waals surface area contributed by atoms with Crippen LogP contribution in [-0.2, 0) is 6.42 Å². The van der Waals surface area contributed by atoms with Gasteiger partial charge in [-0.05, 0) is 93.6 Å². The number of hydrogen-bond acceptors (Lipinski definition) is 4. The Morgan fingerprint density at radius 1 is 0.900 bits per heavy atom. The monoisotopic (exact) mass is 532 g/mol. The summed E-state index contributed by atoms with van der Waals surface area (Å²) in [4.78, 5) is 33.5. The van der Waals surface area contributed by atoms with Crippen molar-refractivity contribution < 1.29 is 9.59 Å². The molecule has 0 spiro atoms. The molecule has 0 unspecified atom stereocenters. The van der Waals surface area contributed by atoms with E-state index in [1.807, 2.05) is 55.5 Å². The third-order valence-corrected chi connectivity index (χ3v) is 7.63. The Bertz CT molecular complexity index is 1530. The van der Waals surface area contributed by atoms with Crippen LogP contribution in [0.25, 0.3) is 11.3 Å². The number of nitrogens with one attached hydrogen (secondary N) is 2. The van der Waals surface area contributed by atoms with Crippen LogP contribution in [0.5, 0.6) is 0 Å². The summed E-state index contributed by atoms with van der Waals surface area (Å²) in [5.74, 6) is -0.319. The molecule has 0 saturated carbocycles. The van der Waals surface area contributed by atoms with E-state index in [0.717, 1.165) is 49.2 Å². The van der Waals surface area contributed by atoms with Crippen LogP contribution in [0.3, 0.4) is 0 Å². The van der Waals surface area contributed by atoms with Gasteiger partial charge in [-0.25, -0.2) is 0 Å². The van der Waals surface area contributed by atoms with Crippen LogP contribution in [0, 0.1) is 6.92 Å². The maximum atomic E-state index is 13.4. The predicted octanol–water partition coefficient (Wildman–Crippen LogP) is 6.96. The molecule has 1 aromatic heterocycles. The van der Waals surface area contributed by atoms with E-state index in [1.54, 1.807) is 18.3 Å². The van der Waals surface area contributed by atoms with E-state index < -0.39 is 0 Å². The zero-order valence-corrected chi connectivity index (χ0v) is 23.4. The van der Waals surface area contributed by atoms with E-state index in [-0.39, 0.29) is 17.9 Å². The number of anilines is 2. The van der Waals surface area contributed by atoms with Gasteiger partial charge in [0.2, 0.25) is 0 Å². The second kappa shape index (κ2) is 12.2. The van der Waals surface area contributed by atoms with E-state index in [0.29, 0.717) is 22.5 Å². The summed E-state index contributed by atoms with van der Waals surface area (Å²) < 4.78 is 0. The molecule has 3 aromatic carbocycles. The third kappa shape index (κ3) is 5.91. The summed E-state index contributed by atoms with van der Waals surface area (Å²) >= 11 is 0. The molecule has 1 aliphatic rings. The lowest BCUT2D eigenvalue weighted by atomic mass is 9.87. The van der Waals surface area contributed by atoms with Gasteiger partial charge in [0.1, 0.15) is 0 Å². The van der Waals surface area contributed by atoms with Crippen molar-refractivity contribution in [2.45, 2.75) is 46.1 Å². The number of nitrogens with zero attached hydrogens (tertiary/aromatic N) is 2. The van der Waals surface area contributed by atoms with E-state index in [4.69, 9.17) is 0 Å². The molecule has 6 nitrogen and oxygen atoms in total. The first-order valence-corrected chi connectivity index (χ1v) is 14.1. The Kier molecular flexibility index (Phi) is 8.25. The van der Waals surface area contributed by atoms with Gasteiger partial charge >= 0.3 is 0 Å². The Hall–Kier alpha value is -4.45. The number of aryl methyl sites for hydroxylation is 2. The van der Waals surface area contributed by atoms with Crippen molar-refractivity contribution in [3.63, 3.8) is 0 Å². The maximum absolute atomic E-state index is 13.4. The van der Waals surface area contributed by atoms with Gasteiger partial charge in [-0.3, -0.25) is 14.6 Å². The first-order chi connectivity index (χ1) is 19.5. The first-order valence-electron chi connectivity index (χ1n) is 14.1. The Labute approximate surface area is 236 Å². The average molecular weight is 533 g/mol. The van der Waals surface area contributed by atoms with Gasteiger partial charge < -0.3 is 15.5 Å². The Morgan fingerprint density at radius 2 is 1.70 bits per heavy atom. The van der Waals surface area contributed by atoms with Gasteiger partial charge in [-0.15, -0.1) is 0 Å². The van der Waals surface area contributed by atoms with Gasteiger partial charge in [0.15, 0.2) is 0 Å². The largest absolute Gasteiger partial charge is 0.372 e. The molecular weight excluding hydrogens is 496 g/mol. The summed E-state index contributed by atoms with van der Waals surface area (Å²) in [7, 11) is 0. The van der Waals surface area contributed by atoms with Crippen LogP contribution in [0.1, 0.15) is 70.1 Å². The topological polar surface area (TPSA) is 74.3 Å². The lowest BCUT2D eigenvalue weighted by molar-refractivity contribution is 0.0932. The molecule has 0 aliphatic heterocycles. The Balaban J connectivity index is 1.47. The van der Waals surface area contributed by atoms with Crippen molar-refractivity contribution in [3.8, 4) is 11.3 Å². The van der Waals surface area contributed by atoms with Gasteiger partial charge in [0, 0.05) is 41.7 Å². The lowest BCUT2D eigenvalue weighted by Crippen LogP contribution is -2.31. The fraction of sp³-hybridized carbons (Fsp3) is 0.265. The summed E-state index contributed by atoms with van der Waals surface area (Å²) in [6, 6.07) is 25.4. The van der Waals surface area contributed by atoms with Crippen LogP contribution in [0.15, 0.2) is 85.1 Å². The number of rotatable bonds is 8. The zero-order chi connectivity index (χ0) is 28.1. The molecule has 0 bridgehead atoms. The Morgan fingerprint density at radius 3 is 2.50 bits per heavy atom. The smallest absolute Gasteiger partial charge is 0.255 e. The highest BCUT2D eigenvalue weighted by atomic mass is 16.2. The predicted molar refractivity (Wildman–Crippen MR) is 162 cm³/mol. The number of benzene rings is 3. The number of fused-ring (bicyclic) bond motifs is 1. The number of carbonyl (C=O) groups is 2. The van der Waals surface area contributed by atoms with Crippen LogP contribution < -0.4 is 15.5 Å². The number of pyridine rings is 1. The summed E-state index contributed by atoms with van der Waals surface area (Å²) in [6.45, 7) is 7.90. The van der Waals surface area contributed by atoms with Crippen LogP contribution in [0.2, 0.25) is 0 Å². The molecule has 40 heavy (non-hydrogen) atoms. The molecule has 0 radical (unpaired) electrons.